The maximum absolute atomic E-state index is 9.15. The Hall–Kier alpha value is -0.710. The maximum Gasteiger partial charge on any atom is 0.156 e. The molecular weight excluding hydrogens is 194 g/mol. The molecule has 4 nitrogen and oxygen atoms in total. The third kappa shape index (κ3) is 2.87. The fourth-order valence-electron chi connectivity index (χ4n) is 1.76. The van der Waals surface area contributed by atoms with Gasteiger partial charge in [0.2, 0.25) is 0 Å². The minimum Gasteiger partial charge on any atom is -0.394 e. The van der Waals surface area contributed by atoms with Gasteiger partial charge in [0.25, 0.3) is 0 Å². The molecular formula is C11H19NO3. The maximum atomic E-state index is 9.15. The number of hydrogen-bond donors (Lipinski definition) is 2. The van der Waals surface area contributed by atoms with Crippen LogP contribution in [-0.2, 0) is 9.47 Å². The smallest absolute Gasteiger partial charge is 0.156 e. The largest absolute Gasteiger partial charge is 0.394 e. The van der Waals surface area contributed by atoms with Crippen LogP contribution in [0.1, 0.15) is 27.2 Å². The first-order chi connectivity index (χ1) is 7.10. The van der Waals surface area contributed by atoms with Crippen molar-refractivity contribution in [3.63, 3.8) is 0 Å². The van der Waals surface area contributed by atoms with Crippen molar-refractivity contribution in [3.8, 4) is 0 Å². The lowest BCUT2D eigenvalue weighted by Crippen LogP contribution is -2.30. The Morgan fingerprint density at radius 2 is 2.13 bits per heavy atom. The predicted octanol–water partition coefficient (Wildman–Crippen LogP) is 1.48. The van der Waals surface area contributed by atoms with E-state index in [4.69, 9.17) is 20.0 Å². The summed E-state index contributed by atoms with van der Waals surface area (Å²) < 4.78 is 10.9. The van der Waals surface area contributed by atoms with Crippen LogP contribution >= 0.6 is 0 Å². The lowest BCUT2D eigenvalue weighted by Gasteiger charge is -2.17. The third-order valence-corrected chi connectivity index (χ3v) is 2.39. The summed E-state index contributed by atoms with van der Waals surface area (Å²) in [5, 5.41) is 16.8. The molecule has 0 radical (unpaired) electrons. The molecule has 0 spiro atoms. The summed E-state index contributed by atoms with van der Waals surface area (Å²) in [7, 11) is 0. The molecule has 0 aromatic carbocycles. The number of nitrogens with one attached hydrogen (secondary N) is 1. The molecule has 1 heterocycles. The molecule has 0 amide bonds. The summed E-state index contributed by atoms with van der Waals surface area (Å²) >= 11 is 0. The molecule has 1 saturated heterocycles. The van der Waals surface area contributed by atoms with Crippen molar-refractivity contribution in [1.82, 2.24) is 0 Å². The fourth-order valence-corrected chi connectivity index (χ4v) is 1.76. The molecule has 1 rings (SSSR count). The number of allylic oxidation sites excluding steroid dienone is 1. The van der Waals surface area contributed by atoms with Crippen molar-refractivity contribution in [2.24, 2.45) is 0 Å². The average Bonchev–Trinajstić information content (AvgIpc) is 2.55. The zero-order chi connectivity index (χ0) is 11.4. The van der Waals surface area contributed by atoms with E-state index in [-0.39, 0.29) is 25.1 Å². The standard InChI is InChI=1S/C11H19NO3/c1-4-5-9(7(2)12)11-10(6-13)14-8(3)15-11/h5,8,10-13H,4,6H2,1-3H3/b9-5+,12-7?. The highest BCUT2D eigenvalue weighted by Gasteiger charge is 2.36. The van der Waals surface area contributed by atoms with Crippen LogP contribution in [0.25, 0.3) is 0 Å². The van der Waals surface area contributed by atoms with E-state index in [2.05, 4.69) is 0 Å². The highest BCUT2D eigenvalue weighted by atomic mass is 16.7. The van der Waals surface area contributed by atoms with Crippen molar-refractivity contribution < 1.29 is 14.6 Å². The minimum atomic E-state index is -0.349. The molecule has 0 aromatic heterocycles. The number of rotatable bonds is 4. The van der Waals surface area contributed by atoms with Crippen LogP contribution in [0.3, 0.4) is 0 Å². The van der Waals surface area contributed by atoms with Crippen LogP contribution in [0.2, 0.25) is 0 Å². The van der Waals surface area contributed by atoms with E-state index in [9.17, 15) is 0 Å². The second-order valence-electron chi connectivity index (χ2n) is 3.67. The lowest BCUT2D eigenvalue weighted by atomic mass is 10.00. The van der Waals surface area contributed by atoms with Crippen molar-refractivity contribution in [2.45, 2.75) is 45.7 Å². The highest BCUT2D eigenvalue weighted by molar-refractivity contribution is 5.96. The Balaban J connectivity index is 2.83. The number of aliphatic hydroxyl groups is 1. The minimum absolute atomic E-state index is 0.0800. The highest BCUT2D eigenvalue weighted by Crippen LogP contribution is 2.25. The first-order valence-corrected chi connectivity index (χ1v) is 5.27. The summed E-state index contributed by atoms with van der Waals surface area (Å²) in [6.07, 6.45) is 1.84. The molecule has 1 aliphatic rings. The van der Waals surface area contributed by atoms with Crippen LogP contribution in [0, 0.1) is 5.41 Å². The quantitative estimate of drug-likeness (QED) is 0.695. The summed E-state index contributed by atoms with van der Waals surface area (Å²) in [4.78, 5) is 0. The van der Waals surface area contributed by atoms with Crippen LogP contribution in [0.15, 0.2) is 11.6 Å². The van der Waals surface area contributed by atoms with E-state index in [1.54, 1.807) is 13.8 Å². The molecule has 3 unspecified atom stereocenters. The Labute approximate surface area is 90.4 Å². The topological polar surface area (TPSA) is 62.5 Å². The molecule has 2 N–H and O–H groups in total. The van der Waals surface area contributed by atoms with Gasteiger partial charge in [0.1, 0.15) is 12.2 Å². The second-order valence-corrected chi connectivity index (χ2v) is 3.67. The second kappa shape index (κ2) is 5.39. The van der Waals surface area contributed by atoms with Gasteiger partial charge in [0.05, 0.1) is 6.61 Å². The third-order valence-electron chi connectivity index (χ3n) is 2.39. The fraction of sp³-hybridized carbons (Fsp3) is 0.727. The first-order valence-electron chi connectivity index (χ1n) is 5.27. The number of aliphatic hydroxyl groups excluding tert-OH is 1. The van der Waals surface area contributed by atoms with Gasteiger partial charge in [-0.15, -0.1) is 0 Å². The van der Waals surface area contributed by atoms with Crippen molar-refractivity contribution >= 4 is 5.71 Å². The zero-order valence-electron chi connectivity index (χ0n) is 9.49. The normalized spacial score (nSPS) is 32.0. The number of ether oxygens (including phenoxy) is 2. The Bertz CT molecular complexity index is 263. The van der Waals surface area contributed by atoms with Crippen molar-refractivity contribution in [2.75, 3.05) is 6.61 Å². The molecule has 0 bridgehead atoms. The van der Waals surface area contributed by atoms with Crippen LogP contribution in [0.5, 0.6) is 0 Å². The first kappa shape index (κ1) is 12.4. The van der Waals surface area contributed by atoms with Gasteiger partial charge >= 0.3 is 0 Å². The van der Waals surface area contributed by atoms with Gasteiger partial charge in [-0.2, -0.15) is 0 Å². The Morgan fingerprint density at radius 1 is 1.47 bits per heavy atom. The van der Waals surface area contributed by atoms with Gasteiger partial charge in [-0.05, 0) is 20.3 Å². The SMILES string of the molecule is CC/C=C(\C(C)=N)C1OC(C)OC1CO. The van der Waals surface area contributed by atoms with Crippen LogP contribution < -0.4 is 0 Å². The Morgan fingerprint density at radius 3 is 2.60 bits per heavy atom. The van der Waals surface area contributed by atoms with E-state index >= 15 is 0 Å². The monoisotopic (exact) mass is 213 g/mol. The molecule has 0 aromatic rings. The van der Waals surface area contributed by atoms with Gasteiger partial charge < -0.3 is 20.0 Å². The molecule has 1 fully saturated rings. The lowest BCUT2D eigenvalue weighted by molar-refractivity contribution is -0.0537. The molecule has 0 saturated carbocycles. The summed E-state index contributed by atoms with van der Waals surface area (Å²) in [5.41, 5.74) is 1.29. The molecule has 86 valence electrons. The van der Waals surface area contributed by atoms with Gasteiger partial charge in [0, 0.05) is 11.3 Å². The van der Waals surface area contributed by atoms with E-state index in [1.807, 2.05) is 13.0 Å². The van der Waals surface area contributed by atoms with Gasteiger partial charge in [-0.25, -0.2) is 0 Å². The van der Waals surface area contributed by atoms with E-state index in [1.165, 1.54) is 0 Å². The van der Waals surface area contributed by atoms with Gasteiger partial charge in [-0.3, -0.25) is 0 Å². The van der Waals surface area contributed by atoms with E-state index in [0.29, 0.717) is 5.71 Å². The average molecular weight is 213 g/mol. The summed E-state index contributed by atoms with van der Waals surface area (Å²) in [6, 6.07) is 0. The molecule has 4 heteroatoms. The van der Waals surface area contributed by atoms with Crippen LogP contribution in [0.4, 0.5) is 0 Å². The van der Waals surface area contributed by atoms with E-state index < -0.39 is 0 Å². The van der Waals surface area contributed by atoms with Crippen LogP contribution in [-0.4, -0.2) is 35.9 Å². The van der Waals surface area contributed by atoms with Gasteiger partial charge in [0.15, 0.2) is 6.29 Å². The molecule has 15 heavy (non-hydrogen) atoms. The van der Waals surface area contributed by atoms with Crippen molar-refractivity contribution in [1.29, 1.82) is 5.41 Å². The molecule has 3 atom stereocenters. The van der Waals surface area contributed by atoms with Gasteiger partial charge in [-0.1, -0.05) is 13.0 Å². The van der Waals surface area contributed by atoms with Crippen molar-refractivity contribution in [3.05, 3.63) is 11.6 Å². The molecule has 0 aliphatic carbocycles. The summed E-state index contributed by atoms with van der Waals surface area (Å²) in [5.74, 6) is 0. The zero-order valence-corrected chi connectivity index (χ0v) is 9.49. The summed E-state index contributed by atoms with van der Waals surface area (Å²) in [6.45, 7) is 5.45. The van der Waals surface area contributed by atoms with E-state index in [0.717, 1.165) is 12.0 Å². The predicted molar refractivity (Wildman–Crippen MR) is 58.1 cm³/mol. The molecule has 1 aliphatic heterocycles. The Kier molecular flexibility index (Phi) is 4.45. The number of hydrogen-bond acceptors (Lipinski definition) is 4.